The SMILES string of the molecule is Nc1cc[n+](C(CC2CC2)c2ccccc2)cc1.[I-]. The predicted molar refractivity (Wildman–Crippen MR) is 73.0 cm³/mol. The molecule has 1 aliphatic carbocycles. The van der Waals surface area contributed by atoms with E-state index in [4.69, 9.17) is 5.73 Å². The van der Waals surface area contributed by atoms with Crippen LogP contribution in [0.25, 0.3) is 0 Å². The minimum atomic E-state index is 0. The summed E-state index contributed by atoms with van der Waals surface area (Å²) in [5, 5.41) is 0. The van der Waals surface area contributed by atoms with E-state index in [2.05, 4.69) is 47.3 Å². The van der Waals surface area contributed by atoms with Gasteiger partial charge in [-0.3, -0.25) is 0 Å². The zero-order chi connectivity index (χ0) is 12.4. The molecule has 0 aliphatic heterocycles. The van der Waals surface area contributed by atoms with Crippen LogP contribution in [0.3, 0.4) is 0 Å². The van der Waals surface area contributed by atoms with Crippen molar-refractivity contribution in [3.05, 3.63) is 60.4 Å². The molecular weight excluding hydrogens is 347 g/mol. The summed E-state index contributed by atoms with van der Waals surface area (Å²) in [7, 11) is 0. The van der Waals surface area contributed by atoms with Crippen LogP contribution in [0.2, 0.25) is 0 Å². The molecular formula is C16H19IN2. The van der Waals surface area contributed by atoms with E-state index >= 15 is 0 Å². The highest BCUT2D eigenvalue weighted by atomic mass is 127. The van der Waals surface area contributed by atoms with Gasteiger partial charge in [0.15, 0.2) is 18.4 Å². The molecule has 1 atom stereocenters. The van der Waals surface area contributed by atoms with Gasteiger partial charge in [-0.25, -0.2) is 0 Å². The van der Waals surface area contributed by atoms with Crippen LogP contribution >= 0.6 is 0 Å². The Morgan fingerprint density at radius 2 is 1.68 bits per heavy atom. The molecule has 3 heteroatoms. The third-order valence-electron chi connectivity index (χ3n) is 3.68. The molecule has 3 rings (SSSR count). The van der Waals surface area contributed by atoms with Crippen LogP contribution in [0.4, 0.5) is 5.69 Å². The van der Waals surface area contributed by atoms with E-state index in [-0.39, 0.29) is 24.0 Å². The highest BCUT2D eigenvalue weighted by Gasteiger charge is 2.31. The first-order valence-corrected chi connectivity index (χ1v) is 6.64. The highest BCUT2D eigenvalue weighted by molar-refractivity contribution is 5.32. The smallest absolute Gasteiger partial charge is 0.183 e. The van der Waals surface area contributed by atoms with E-state index in [1.165, 1.54) is 24.8 Å². The van der Waals surface area contributed by atoms with Crippen molar-refractivity contribution in [2.75, 3.05) is 5.73 Å². The molecule has 2 nitrogen and oxygen atoms in total. The van der Waals surface area contributed by atoms with Crippen LogP contribution in [-0.2, 0) is 0 Å². The minimum Gasteiger partial charge on any atom is -1.00 e. The minimum absolute atomic E-state index is 0. The summed E-state index contributed by atoms with van der Waals surface area (Å²) in [6.45, 7) is 0. The zero-order valence-corrected chi connectivity index (χ0v) is 13.0. The molecule has 0 spiro atoms. The topological polar surface area (TPSA) is 29.9 Å². The van der Waals surface area contributed by atoms with Gasteiger partial charge in [0, 0.05) is 29.8 Å². The first-order chi connectivity index (χ1) is 8.83. The Morgan fingerprint density at radius 3 is 2.26 bits per heavy atom. The molecule has 1 heterocycles. The maximum atomic E-state index is 5.77. The summed E-state index contributed by atoms with van der Waals surface area (Å²) in [5.41, 5.74) is 7.98. The van der Waals surface area contributed by atoms with Crippen molar-refractivity contribution in [3.63, 3.8) is 0 Å². The van der Waals surface area contributed by atoms with Crippen LogP contribution in [0.1, 0.15) is 30.9 Å². The summed E-state index contributed by atoms with van der Waals surface area (Å²) in [4.78, 5) is 0. The first-order valence-electron chi connectivity index (χ1n) is 6.64. The van der Waals surface area contributed by atoms with Gasteiger partial charge in [0.25, 0.3) is 0 Å². The number of halogens is 1. The van der Waals surface area contributed by atoms with Gasteiger partial charge in [-0.05, 0) is 18.8 Å². The number of aromatic nitrogens is 1. The fraction of sp³-hybridized carbons (Fsp3) is 0.312. The fourth-order valence-corrected chi connectivity index (χ4v) is 2.43. The maximum absolute atomic E-state index is 5.77. The molecule has 1 aliphatic rings. The summed E-state index contributed by atoms with van der Waals surface area (Å²) in [5.74, 6) is 0.903. The lowest BCUT2D eigenvalue weighted by molar-refractivity contribution is -0.714. The Labute approximate surface area is 131 Å². The summed E-state index contributed by atoms with van der Waals surface area (Å²) in [6.07, 6.45) is 8.20. The number of benzene rings is 1. The number of rotatable bonds is 4. The van der Waals surface area contributed by atoms with Crippen molar-refractivity contribution in [2.24, 2.45) is 5.92 Å². The molecule has 1 fully saturated rings. The quantitative estimate of drug-likeness (QED) is 0.597. The van der Waals surface area contributed by atoms with E-state index in [0.29, 0.717) is 6.04 Å². The van der Waals surface area contributed by atoms with Crippen molar-refractivity contribution in [1.82, 2.24) is 0 Å². The van der Waals surface area contributed by atoms with E-state index in [0.717, 1.165) is 11.6 Å². The molecule has 19 heavy (non-hydrogen) atoms. The lowest BCUT2D eigenvalue weighted by Gasteiger charge is -2.12. The predicted octanol–water partition coefficient (Wildman–Crippen LogP) is -0.0502. The molecule has 2 aromatic rings. The number of nitrogens with two attached hydrogens (primary N) is 1. The Bertz CT molecular complexity index is 506. The number of hydrogen-bond acceptors (Lipinski definition) is 1. The number of hydrogen-bond donors (Lipinski definition) is 1. The Kier molecular flexibility index (Phi) is 4.80. The molecule has 0 radical (unpaired) electrons. The molecule has 1 unspecified atom stereocenters. The summed E-state index contributed by atoms with van der Waals surface area (Å²) >= 11 is 0. The first kappa shape index (κ1) is 14.3. The Morgan fingerprint density at radius 1 is 1.05 bits per heavy atom. The number of anilines is 1. The number of nitrogen functional groups attached to an aromatic ring is 1. The second kappa shape index (κ2) is 6.37. The number of pyridine rings is 1. The molecule has 1 aromatic carbocycles. The third-order valence-corrected chi connectivity index (χ3v) is 3.68. The third kappa shape index (κ3) is 3.69. The lowest BCUT2D eigenvalue weighted by atomic mass is 10.0. The Hall–Kier alpha value is -1.10. The van der Waals surface area contributed by atoms with Gasteiger partial charge >= 0.3 is 0 Å². The van der Waals surface area contributed by atoms with Crippen molar-refractivity contribution in [2.45, 2.75) is 25.3 Å². The van der Waals surface area contributed by atoms with Gasteiger partial charge in [-0.2, -0.15) is 4.57 Å². The van der Waals surface area contributed by atoms with Gasteiger partial charge in [0.05, 0.1) is 0 Å². The zero-order valence-electron chi connectivity index (χ0n) is 10.9. The van der Waals surface area contributed by atoms with Gasteiger partial charge in [-0.1, -0.05) is 30.3 Å². The normalized spacial score (nSPS) is 15.6. The van der Waals surface area contributed by atoms with E-state index in [1.807, 2.05) is 12.1 Å². The molecule has 0 amide bonds. The molecule has 0 saturated heterocycles. The van der Waals surface area contributed by atoms with Gasteiger partial charge in [-0.15, -0.1) is 0 Å². The second-order valence-corrected chi connectivity index (χ2v) is 5.18. The van der Waals surface area contributed by atoms with Crippen molar-refractivity contribution in [3.8, 4) is 0 Å². The molecule has 2 N–H and O–H groups in total. The van der Waals surface area contributed by atoms with Crippen molar-refractivity contribution < 1.29 is 28.5 Å². The Balaban J connectivity index is 0.00000133. The molecule has 0 bridgehead atoms. The second-order valence-electron chi connectivity index (χ2n) is 5.18. The average Bonchev–Trinajstić information content (AvgIpc) is 3.22. The highest BCUT2D eigenvalue weighted by Crippen LogP contribution is 2.37. The number of nitrogens with zero attached hydrogens (tertiary/aromatic N) is 1. The van der Waals surface area contributed by atoms with Crippen LogP contribution in [0.5, 0.6) is 0 Å². The van der Waals surface area contributed by atoms with Crippen molar-refractivity contribution >= 4 is 5.69 Å². The van der Waals surface area contributed by atoms with Crippen LogP contribution in [-0.4, -0.2) is 0 Å². The van der Waals surface area contributed by atoms with Gasteiger partial charge < -0.3 is 29.7 Å². The molecule has 100 valence electrons. The monoisotopic (exact) mass is 366 g/mol. The van der Waals surface area contributed by atoms with E-state index < -0.39 is 0 Å². The largest absolute Gasteiger partial charge is 1.00 e. The average molecular weight is 366 g/mol. The van der Waals surface area contributed by atoms with Crippen LogP contribution in [0, 0.1) is 5.92 Å². The van der Waals surface area contributed by atoms with E-state index in [9.17, 15) is 0 Å². The standard InChI is InChI=1S/C16H18N2.HI/c17-15-8-10-18(11-9-15)16(12-13-6-7-13)14-4-2-1-3-5-14;/h1-5,8-11,13,16-17H,6-7,12H2;1H. The summed E-state index contributed by atoms with van der Waals surface area (Å²) < 4.78 is 2.28. The lowest BCUT2D eigenvalue weighted by Crippen LogP contribution is -3.00. The van der Waals surface area contributed by atoms with Crippen LogP contribution in [0.15, 0.2) is 54.9 Å². The maximum Gasteiger partial charge on any atom is 0.183 e. The van der Waals surface area contributed by atoms with E-state index in [1.54, 1.807) is 0 Å². The molecule has 1 saturated carbocycles. The fourth-order valence-electron chi connectivity index (χ4n) is 2.43. The van der Waals surface area contributed by atoms with Crippen LogP contribution < -0.4 is 34.3 Å². The summed E-state index contributed by atoms with van der Waals surface area (Å²) in [6, 6.07) is 15.1. The van der Waals surface area contributed by atoms with Crippen molar-refractivity contribution in [1.29, 1.82) is 0 Å². The van der Waals surface area contributed by atoms with Gasteiger partial charge in [0.1, 0.15) is 0 Å². The van der Waals surface area contributed by atoms with Gasteiger partial charge in [0.2, 0.25) is 0 Å². The molecule has 1 aromatic heterocycles.